The predicted octanol–water partition coefficient (Wildman–Crippen LogP) is 5.64. The van der Waals surface area contributed by atoms with Crippen molar-refractivity contribution in [3.63, 3.8) is 0 Å². The van der Waals surface area contributed by atoms with Crippen molar-refractivity contribution in [3.05, 3.63) is 95.9 Å². The van der Waals surface area contributed by atoms with Crippen LogP contribution in [0.5, 0.6) is 0 Å². The average molecular weight is 285 g/mol. The van der Waals surface area contributed by atoms with Gasteiger partial charge in [-0.15, -0.1) is 0 Å². The second-order valence-corrected chi connectivity index (χ2v) is 5.37. The molecule has 1 aliphatic rings. The summed E-state index contributed by atoms with van der Waals surface area (Å²) in [5, 5.41) is 2.38. The standard InChI is InChI=1S/C21H19N/c1-4-8-19-15(3)18(13-16(19)5-2)14-21-20-10-7-6-9-17(20)11-12-22-21/h4-12,14H,1,3,13H2,2H3/b16-5-,18-14+,19-8-. The zero-order valence-electron chi connectivity index (χ0n) is 12.8. The zero-order chi connectivity index (χ0) is 15.5. The first-order valence-electron chi connectivity index (χ1n) is 7.47. The second-order valence-electron chi connectivity index (χ2n) is 5.37. The third-order valence-electron chi connectivity index (χ3n) is 4.09. The molecule has 1 heterocycles. The fraction of sp³-hybridized carbons (Fsp3) is 0.0952. The van der Waals surface area contributed by atoms with E-state index in [0.717, 1.165) is 17.7 Å². The van der Waals surface area contributed by atoms with Crippen LogP contribution in [0.3, 0.4) is 0 Å². The van der Waals surface area contributed by atoms with E-state index in [2.05, 4.69) is 61.5 Å². The first-order valence-corrected chi connectivity index (χ1v) is 7.47. The molecule has 1 aromatic heterocycles. The van der Waals surface area contributed by atoms with Crippen molar-refractivity contribution >= 4 is 16.8 Å². The molecule has 0 amide bonds. The Hall–Kier alpha value is -2.67. The van der Waals surface area contributed by atoms with E-state index in [1.54, 1.807) is 0 Å². The molecule has 1 heteroatoms. The maximum absolute atomic E-state index is 4.55. The number of aromatic nitrogens is 1. The lowest BCUT2D eigenvalue weighted by Gasteiger charge is -2.03. The largest absolute Gasteiger partial charge is 0.256 e. The van der Waals surface area contributed by atoms with Crippen LogP contribution in [-0.2, 0) is 0 Å². The molecule has 22 heavy (non-hydrogen) atoms. The van der Waals surface area contributed by atoms with Crippen molar-refractivity contribution < 1.29 is 0 Å². The predicted molar refractivity (Wildman–Crippen MR) is 95.5 cm³/mol. The molecule has 1 aliphatic carbocycles. The van der Waals surface area contributed by atoms with Crippen molar-refractivity contribution in [2.75, 3.05) is 0 Å². The molecule has 1 nitrogen and oxygen atoms in total. The Morgan fingerprint density at radius 2 is 1.95 bits per heavy atom. The SMILES string of the molecule is C=C/C=C1/C(=C)/C(=C/c2nccc3ccccc23)C/C1=C/C. The molecule has 3 rings (SSSR count). The Balaban J connectivity index is 2.11. The molecule has 0 aliphatic heterocycles. The number of benzene rings is 1. The van der Waals surface area contributed by atoms with Crippen LogP contribution in [0, 0.1) is 0 Å². The number of hydrogen-bond donors (Lipinski definition) is 0. The fourth-order valence-electron chi connectivity index (χ4n) is 2.92. The summed E-state index contributed by atoms with van der Waals surface area (Å²) in [6, 6.07) is 10.4. The van der Waals surface area contributed by atoms with Crippen molar-refractivity contribution in [1.29, 1.82) is 0 Å². The van der Waals surface area contributed by atoms with Gasteiger partial charge in [0.1, 0.15) is 0 Å². The van der Waals surface area contributed by atoms with Crippen molar-refractivity contribution in [3.8, 4) is 0 Å². The van der Waals surface area contributed by atoms with E-state index < -0.39 is 0 Å². The van der Waals surface area contributed by atoms with Gasteiger partial charge in [-0.2, -0.15) is 0 Å². The molecule has 0 N–H and O–H groups in total. The lowest BCUT2D eigenvalue weighted by molar-refractivity contribution is 1.26. The Kier molecular flexibility index (Phi) is 3.88. The van der Waals surface area contributed by atoms with Crippen LogP contribution < -0.4 is 0 Å². The van der Waals surface area contributed by atoms with Gasteiger partial charge in [0.15, 0.2) is 0 Å². The Morgan fingerprint density at radius 3 is 2.73 bits per heavy atom. The van der Waals surface area contributed by atoms with Gasteiger partial charge in [0.05, 0.1) is 5.69 Å². The maximum Gasteiger partial charge on any atom is 0.0711 e. The van der Waals surface area contributed by atoms with E-state index in [9.17, 15) is 0 Å². The van der Waals surface area contributed by atoms with E-state index in [0.29, 0.717) is 0 Å². The quantitative estimate of drug-likeness (QED) is 0.696. The lowest BCUT2D eigenvalue weighted by Crippen LogP contribution is -1.86. The average Bonchev–Trinajstić information content (AvgIpc) is 2.84. The molecule has 2 aromatic rings. The molecule has 1 fully saturated rings. The number of hydrogen-bond acceptors (Lipinski definition) is 1. The van der Waals surface area contributed by atoms with E-state index in [-0.39, 0.29) is 0 Å². The van der Waals surface area contributed by atoms with Gasteiger partial charge < -0.3 is 0 Å². The molecule has 0 saturated heterocycles. The number of fused-ring (bicyclic) bond motifs is 1. The fourth-order valence-corrected chi connectivity index (χ4v) is 2.92. The van der Waals surface area contributed by atoms with E-state index in [1.807, 2.05) is 24.4 Å². The second kappa shape index (κ2) is 5.98. The molecule has 1 saturated carbocycles. The normalized spacial score (nSPS) is 20.4. The van der Waals surface area contributed by atoms with Crippen LogP contribution in [0.2, 0.25) is 0 Å². The smallest absolute Gasteiger partial charge is 0.0711 e. The highest BCUT2D eigenvalue weighted by Crippen LogP contribution is 2.40. The van der Waals surface area contributed by atoms with Crippen molar-refractivity contribution in [2.24, 2.45) is 0 Å². The number of pyridine rings is 1. The molecule has 0 unspecified atom stereocenters. The molecule has 0 atom stereocenters. The first-order chi connectivity index (χ1) is 10.7. The highest BCUT2D eigenvalue weighted by molar-refractivity contribution is 5.90. The van der Waals surface area contributed by atoms with Crippen LogP contribution >= 0.6 is 0 Å². The van der Waals surface area contributed by atoms with Crippen LogP contribution in [0.25, 0.3) is 16.8 Å². The topological polar surface area (TPSA) is 12.9 Å². The summed E-state index contributed by atoms with van der Waals surface area (Å²) in [7, 11) is 0. The van der Waals surface area contributed by atoms with Crippen LogP contribution in [0.1, 0.15) is 19.0 Å². The Labute approximate surface area is 131 Å². The Morgan fingerprint density at radius 1 is 1.14 bits per heavy atom. The summed E-state index contributed by atoms with van der Waals surface area (Å²) in [5.41, 5.74) is 5.79. The Bertz CT molecular complexity index is 842. The third kappa shape index (κ3) is 2.46. The van der Waals surface area contributed by atoms with Gasteiger partial charge in [-0.05, 0) is 53.2 Å². The van der Waals surface area contributed by atoms with E-state index in [1.165, 1.54) is 27.5 Å². The number of nitrogens with zero attached hydrogens (tertiary/aromatic N) is 1. The van der Waals surface area contributed by atoms with Crippen LogP contribution in [-0.4, -0.2) is 4.98 Å². The summed E-state index contributed by atoms with van der Waals surface area (Å²) in [5.74, 6) is 0. The van der Waals surface area contributed by atoms with Gasteiger partial charge in [0, 0.05) is 11.6 Å². The molecule has 108 valence electrons. The minimum Gasteiger partial charge on any atom is -0.256 e. The molecular formula is C21H19N. The van der Waals surface area contributed by atoms with Gasteiger partial charge in [-0.25, -0.2) is 0 Å². The highest BCUT2D eigenvalue weighted by Gasteiger charge is 2.21. The molecular weight excluding hydrogens is 266 g/mol. The van der Waals surface area contributed by atoms with Gasteiger partial charge >= 0.3 is 0 Å². The summed E-state index contributed by atoms with van der Waals surface area (Å²) >= 11 is 0. The summed E-state index contributed by atoms with van der Waals surface area (Å²) in [4.78, 5) is 4.55. The van der Waals surface area contributed by atoms with Gasteiger partial charge in [0.25, 0.3) is 0 Å². The molecule has 0 radical (unpaired) electrons. The maximum atomic E-state index is 4.55. The number of allylic oxidation sites excluding steroid dienone is 7. The van der Waals surface area contributed by atoms with Gasteiger partial charge in [-0.1, -0.05) is 55.7 Å². The van der Waals surface area contributed by atoms with Crippen molar-refractivity contribution in [2.45, 2.75) is 13.3 Å². The number of rotatable bonds is 2. The molecule has 0 spiro atoms. The third-order valence-corrected chi connectivity index (χ3v) is 4.09. The molecule has 1 aromatic carbocycles. The van der Waals surface area contributed by atoms with Crippen LogP contribution in [0.4, 0.5) is 0 Å². The van der Waals surface area contributed by atoms with E-state index >= 15 is 0 Å². The van der Waals surface area contributed by atoms with Gasteiger partial charge in [0.2, 0.25) is 0 Å². The zero-order valence-corrected chi connectivity index (χ0v) is 12.8. The summed E-state index contributed by atoms with van der Waals surface area (Å²) < 4.78 is 0. The summed E-state index contributed by atoms with van der Waals surface area (Å²) in [6.45, 7) is 10.1. The molecule has 0 bridgehead atoms. The minimum atomic E-state index is 0.903. The van der Waals surface area contributed by atoms with Crippen molar-refractivity contribution in [1.82, 2.24) is 4.98 Å². The lowest BCUT2D eigenvalue weighted by atomic mass is 10.0. The minimum absolute atomic E-state index is 0.903. The van der Waals surface area contributed by atoms with E-state index in [4.69, 9.17) is 0 Å². The van der Waals surface area contributed by atoms with Gasteiger partial charge in [-0.3, -0.25) is 4.98 Å². The highest BCUT2D eigenvalue weighted by atomic mass is 14.7. The first kappa shape index (κ1) is 14.3. The summed E-state index contributed by atoms with van der Waals surface area (Å²) in [6.07, 6.45) is 10.9. The monoisotopic (exact) mass is 285 g/mol. The van der Waals surface area contributed by atoms with Crippen LogP contribution in [0.15, 0.2) is 90.2 Å².